The lowest BCUT2D eigenvalue weighted by molar-refractivity contribution is -0.129. The van der Waals surface area contributed by atoms with Gasteiger partial charge in [0.1, 0.15) is 0 Å². The predicted octanol–water partition coefficient (Wildman–Crippen LogP) is 1.23. The SMILES string of the molecule is CCC(=O)N(C)CCC(N)C(C)C. The second-order valence-corrected chi connectivity index (χ2v) is 3.87. The number of carbonyl (C=O) groups is 1. The lowest BCUT2D eigenvalue weighted by Crippen LogP contribution is -2.34. The smallest absolute Gasteiger partial charge is 0.222 e. The van der Waals surface area contributed by atoms with Gasteiger partial charge in [-0.3, -0.25) is 4.79 Å². The summed E-state index contributed by atoms with van der Waals surface area (Å²) < 4.78 is 0. The third kappa shape index (κ3) is 4.88. The van der Waals surface area contributed by atoms with Crippen LogP contribution < -0.4 is 5.73 Å². The molecule has 78 valence electrons. The Morgan fingerprint density at radius 1 is 1.46 bits per heavy atom. The van der Waals surface area contributed by atoms with Crippen LogP contribution in [0, 0.1) is 5.92 Å². The van der Waals surface area contributed by atoms with Crippen LogP contribution in [0.5, 0.6) is 0 Å². The minimum atomic E-state index is 0.191. The van der Waals surface area contributed by atoms with Gasteiger partial charge in [0.05, 0.1) is 0 Å². The maximum Gasteiger partial charge on any atom is 0.222 e. The van der Waals surface area contributed by atoms with E-state index in [0.29, 0.717) is 12.3 Å². The van der Waals surface area contributed by atoms with E-state index in [0.717, 1.165) is 13.0 Å². The van der Waals surface area contributed by atoms with E-state index in [-0.39, 0.29) is 11.9 Å². The van der Waals surface area contributed by atoms with Crippen molar-refractivity contribution in [2.45, 2.75) is 39.7 Å². The Hall–Kier alpha value is -0.570. The summed E-state index contributed by atoms with van der Waals surface area (Å²) >= 11 is 0. The van der Waals surface area contributed by atoms with Gasteiger partial charge in [0.25, 0.3) is 0 Å². The quantitative estimate of drug-likeness (QED) is 0.702. The standard InChI is InChI=1S/C10H22N2O/c1-5-10(13)12(4)7-6-9(11)8(2)3/h8-9H,5-7,11H2,1-4H3. The van der Waals surface area contributed by atoms with Crippen molar-refractivity contribution < 1.29 is 4.79 Å². The van der Waals surface area contributed by atoms with Gasteiger partial charge in [-0.1, -0.05) is 20.8 Å². The molecule has 0 aromatic rings. The lowest BCUT2D eigenvalue weighted by Gasteiger charge is -2.21. The zero-order valence-electron chi connectivity index (χ0n) is 9.21. The molecule has 0 radical (unpaired) electrons. The van der Waals surface area contributed by atoms with E-state index in [1.807, 2.05) is 14.0 Å². The highest BCUT2D eigenvalue weighted by molar-refractivity contribution is 5.75. The molecule has 0 fully saturated rings. The molecule has 1 amide bonds. The molecule has 0 heterocycles. The van der Waals surface area contributed by atoms with Gasteiger partial charge in [0.2, 0.25) is 5.91 Å². The Balaban J connectivity index is 3.69. The average molecular weight is 186 g/mol. The van der Waals surface area contributed by atoms with Crippen LogP contribution in [0.2, 0.25) is 0 Å². The molecule has 0 saturated heterocycles. The van der Waals surface area contributed by atoms with Crippen LogP contribution in [0.4, 0.5) is 0 Å². The molecule has 0 aliphatic carbocycles. The summed E-state index contributed by atoms with van der Waals surface area (Å²) in [7, 11) is 1.83. The largest absolute Gasteiger partial charge is 0.346 e. The van der Waals surface area contributed by atoms with E-state index in [9.17, 15) is 4.79 Å². The summed E-state index contributed by atoms with van der Waals surface area (Å²) in [5.74, 6) is 0.682. The minimum Gasteiger partial charge on any atom is -0.346 e. The van der Waals surface area contributed by atoms with Crippen molar-refractivity contribution in [2.75, 3.05) is 13.6 Å². The third-order valence-electron chi connectivity index (χ3n) is 2.38. The molecule has 0 spiro atoms. The van der Waals surface area contributed by atoms with Gasteiger partial charge in [-0.15, -0.1) is 0 Å². The summed E-state index contributed by atoms with van der Waals surface area (Å²) in [5, 5.41) is 0. The van der Waals surface area contributed by atoms with Crippen molar-refractivity contribution in [3.63, 3.8) is 0 Å². The monoisotopic (exact) mass is 186 g/mol. The zero-order valence-corrected chi connectivity index (χ0v) is 9.21. The number of carbonyl (C=O) groups excluding carboxylic acids is 1. The normalized spacial score (nSPS) is 13.1. The van der Waals surface area contributed by atoms with Crippen molar-refractivity contribution in [3.8, 4) is 0 Å². The molecule has 1 unspecified atom stereocenters. The number of nitrogens with two attached hydrogens (primary N) is 1. The van der Waals surface area contributed by atoms with Crippen LogP contribution in [0.1, 0.15) is 33.6 Å². The summed E-state index contributed by atoms with van der Waals surface area (Å²) in [6.45, 7) is 6.85. The molecule has 3 nitrogen and oxygen atoms in total. The maximum atomic E-state index is 11.2. The molecular formula is C10H22N2O. The molecule has 3 heteroatoms. The lowest BCUT2D eigenvalue weighted by atomic mass is 10.0. The summed E-state index contributed by atoms with van der Waals surface area (Å²) in [6, 6.07) is 0.201. The fourth-order valence-electron chi connectivity index (χ4n) is 1.07. The molecule has 0 aromatic carbocycles. The first kappa shape index (κ1) is 12.4. The van der Waals surface area contributed by atoms with Crippen LogP contribution in [-0.2, 0) is 4.79 Å². The molecule has 0 bridgehead atoms. The molecule has 2 N–H and O–H groups in total. The van der Waals surface area contributed by atoms with Gasteiger partial charge in [0.15, 0.2) is 0 Å². The van der Waals surface area contributed by atoms with Gasteiger partial charge in [-0.05, 0) is 12.3 Å². The van der Waals surface area contributed by atoms with E-state index >= 15 is 0 Å². The van der Waals surface area contributed by atoms with Crippen molar-refractivity contribution in [1.29, 1.82) is 0 Å². The Morgan fingerprint density at radius 2 is 2.00 bits per heavy atom. The predicted molar refractivity (Wildman–Crippen MR) is 55.4 cm³/mol. The van der Waals surface area contributed by atoms with E-state index in [4.69, 9.17) is 5.73 Å². The molecule has 0 aromatic heterocycles. The number of nitrogens with zero attached hydrogens (tertiary/aromatic N) is 1. The first-order valence-electron chi connectivity index (χ1n) is 4.98. The molecule has 0 aliphatic rings. The molecule has 0 rings (SSSR count). The van der Waals surface area contributed by atoms with Gasteiger partial charge in [-0.2, -0.15) is 0 Å². The third-order valence-corrected chi connectivity index (χ3v) is 2.38. The molecule has 13 heavy (non-hydrogen) atoms. The number of hydrogen-bond acceptors (Lipinski definition) is 2. The van der Waals surface area contributed by atoms with Crippen LogP contribution in [-0.4, -0.2) is 30.4 Å². The second-order valence-electron chi connectivity index (χ2n) is 3.87. The van der Waals surface area contributed by atoms with Gasteiger partial charge in [-0.25, -0.2) is 0 Å². The van der Waals surface area contributed by atoms with Crippen molar-refractivity contribution >= 4 is 5.91 Å². The van der Waals surface area contributed by atoms with E-state index in [1.54, 1.807) is 4.90 Å². The number of hydrogen-bond donors (Lipinski definition) is 1. The maximum absolute atomic E-state index is 11.2. The fraction of sp³-hybridized carbons (Fsp3) is 0.900. The number of rotatable bonds is 5. The van der Waals surface area contributed by atoms with E-state index in [1.165, 1.54) is 0 Å². The van der Waals surface area contributed by atoms with Gasteiger partial charge in [0, 0.05) is 26.1 Å². The molecule has 0 saturated carbocycles. The second kappa shape index (κ2) is 5.97. The van der Waals surface area contributed by atoms with E-state index in [2.05, 4.69) is 13.8 Å². The Labute approximate surface area is 81.3 Å². The minimum absolute atomic E-state index is 0.191. The van der Waals surface area contributed by atoms with Crippen LogP contribution in [0.25, 0.3) is 0 Å². The first-order valence-corrected chi connectivity index (χ1v) is 4.98. The topological polar surface area (TPSA) is 46.3 Å². The first-order chi connectivity index (χ1) is 5.99. The Kier molecular flexibility index (Phi) is 5.71. The Morgan fingerprint density at radius 3 is 2.38 bits per heavy atom. The Bertz CT molecular complexity index is 157. The van der Waals surface area contributed by atoms with Crippen LogP contribution in [0.3, 0.4) is 0 Å². The van der Waals surface area contributed by atoms with Crippen molar-refractivity contribution in [1.82, 2.24) is 4.90 Å². The van der Waals surface area contributed by atoms with Crippen LogP contribution in [0.15, 0.2) is 0 Å². The average Bonchev–Trinajstić information content (AvgIpc) is 2.11. The van der Waals surface area contributed by atoms with Crippen LogP contribution >= 0.6 is 0 Å². The summed E-state index contributed by atoms with van der Waals surface area (Å²) in [5.41, 5.74) is 5.87. The summed E-state index contributed by atoms with van der Waals surface area (Å²) in [6.07, 6.45) is 1.47. The van der Waals surface area contributed by atoms with Gasteiger partial charge < -0.3 is 10.6 Å². The molecule has 1 atom stereocenters. The highest BCUT2D eigenvalue weighted by atomic mass is 16.2. The van der Waals surface area contributed by atoms with Crippen molar-refractivity contribution in [2.24, 2.45) is 11.7 Å². The summed E-state index contributed by atoms with van der Waals surface area (Å²) in [4.78, 5) is 12.9. The van der Waals surface area contributed by atoms with Gasteiger partial charge >= 0.3 is 0 Å². The fourth-order valence-corrected chi connectivity index (χ4v) is 1.07. The highest BCUT2D eigenvalue weighted by Crippen LogP contribution is 2.03. The van der Waals surface area contributed by atoms with E-state index < -0.39 is 0 Å². The van der Waals surface area contributed by atoms with Crippen molar-refractivity contribution in [3.05, 3.63) is 0 Å². The molecule has 0 aliphatic heterocycles. The highest BCUT2D eigenvalue weighted by Gasteiger charge is 2.10. The zero-order chi connectivity index (χ0) is 10.4. The number of amides is 1. The molecular weight excluding hydrogens is 164 g/mol.